The molecule has 0 heterocycles. The Kier molecular flexibility index (Phi) is 9.60. The second kappa shape index (κ2) is 9.46. The summed E-state index contributed by atoms with van der Waals surface area (Å²) >= 11 is 1.96. The Bertz CT molecular complexity index is 143. The van der Waals surface area contributed by atoms with Gasteiger partial charge in [-0.1, -0.05) is 6.92 Å². The highest BCUT2D eigenvalue weighted by atomic mass is 32.2. The normalized spacial score (nSPS) is 15.2. The van der Waals surface area contributed by atoms with Crippen molar-refractivity contribution in [1.29, 1.82) is 0 Å². The Morgan fingerprint density at radius 3 is 2.80 bits per heavy atom. The largest absolute Gasteiger partial charge is 0.389 e. The first-order valence-corrected chi connectivity index (χ1v) is 6.77. The highest BCUT2D eigenvalue weighted by molar-refractivity contribution is 7.99. The molecule has 0 bridgehead atoms. The van der Waals surface area contributed by atoms with E-state index in [9.17, 15) is 5.11 Å². The van der Waals surface area contributed by atoms with Gasteiger partial charge in [0.05, 0.1) is 5.60 Å². The molecule has 0 amide bonds. The van der Waals surface area contributed by atoms with Crippen molar-refractivity contribution in [3.8, 4) is 0 Å². The molecule has 1 unspecified atom stereocenters. The molecule has 0 fully saturated rings. The van der Waals surface area contributed by atoms with Crippen molar-refractivity contribution in [2.75, 3.05) is 38.3 Å². The van der Waals surface area contributed by atoms with Gasteiger partial charge in [0.2, 0.25) is 0 Å². The highest BCUT2D eigenvalue weighted by Crippen LogP contribution is 2.07. The number of nitrogens with one attached hydrogen (secondary N) is 1. The van der Waals surface area contributed by atoms with Crippen LogP contribution in [0.5, 0.6) is 0 Å². The summed E-state index contributed by atoms with van der Waals surface area (Å²) in [5, 5.41) is 13.2. The molecule has 3 nitrogen and oxygen atoms in total. The van der Waals surface area contributed by atoms with Gasteiger partial charge in [-0.25, -0.2) is 0 Å². The second-order valence-corrected chi connectivity index (χ2v) is 5.36. The van der Waals surface area contributed by atoms with Crippen molar-refractivity contribution >= 4 is 11.8 Å². The molecule has 4 heteroatoms. The number of hydrogen-bond donors (Lipinski definition) is 2. The highest BCUT2D eigenvalue weighted by Gasteiger charge is 2.18. The zero-order valence-corrected chi connectivity index (χ0v) is 11.0. The molecule has 0 aromatic carbocycles. The van der Waals surface area contributed by atoms with Crippen LogP contribution in [0.4, 0.5) is 0 Å². The Labute approximate surface area is 98.0 Å². The van der Waals surface area contributed by atoms with Crippen molar-refractivity contribution in [3.63, 3.8) is 0 Å². The number of aliphatic hydroxyl groups is 1. The number of thioether (sulfide) groups is 1. The quantitative estimate of drug-likeness (QED) is 0.563. The Balaban J connectivity index is 3.32. The fraction of sp³-hybridized carbons (Fsp3) is 1.00. The molecular formula is C11H25NO2S. The Hall–Kier alpha value is 0.230. The third-order valence-corrected chi connectivity index (χ3v) is 3.18. The molecule has 0 aliphatic rings. The second-order valence-electron chi connectivity index (χ2n) is 3.97. The van der Waals surface area contributed by atoms with Crippen molar-refractivity contribution in [2.45, 2.75) is 32.3 Å². The fourth-order valence-electron chi connectivity index (χ4n) is 1.21. The molecule has 2 N–H and O–H groups in total. The fourth-order valence-corrected chi connectivity index (χ4v) is 1.85. The number of ether oxygens (including phenoxy) is 1. The van der Waals surface area contributed by atoms with Gasteiger partial charge in [-0.3, -0.25) is 0 Å². The monoisotopic (exact) mass is 235 g/mol. The lowest BCUT2D eigenvalue weighted by Crippen LogP contribution is -2.39. The van der Waals surface area contributed by atoms with Crippen LogP contribution in [0.25, 0.3) is 0 Å². The molecule has 0 saturated heterocycles. The van der Waals surface area contributed by atoms with Crippen LogP contribution < -0.4 is 5.32 Å². The Morgan fingerprint density at radius 2 is 2.20 bits per heavy atom. The Morgan fingerprint density at radius 1 is 1.47 bits per heavy atom. The summed E-state index contributed by atoms with van der Waals surface area (Å²) in [6.07, 6.45) is 1.85. The smallest absolute Gasteiger partial charge is 0.0765 e. The van der Waals surface area contributed by atoms with E-state index in [-0.39, 0.29) is 0 Å². The summed E-state index contributed by atoms with van der Waals surface area (Å²) in [6, 6.07) is 0. The molecule has 0 aliphatic heterocycles. The average Bonchev–Trinajstić information content (AvgIpc) is 2.20. The predicted octanol–water partition coefficient (Wildman–Crippen LogP) is 1.51. The minimum Gasteiger partial charge on any atom is -0.389 e. The van der Waals surface area contributed by atoms with E-state index in [1.54, 1.807) is 7.11 Å². The van der Waals surface area contributed by atoms with Crippen LogP contribution in [-0.2, 0) is 4.74 Å². The van der Waals surface area contributed by atoms with Gasteiger partial charge in [-0.05, 0) is 31.4 Å². The van der Waals surface area contributed by atoms with E-state index >= 15 is 0 Å². The summed E-state index contributed by atoms with van der Waals surface area (Å²) < 4.78 is 4.95. The third-order valence-electron chi connectivity index (χ3n) is 2.20. The average molecular weight is 235 g/mol. The topological polar surface area (TPSA) is 41.5 Å². The van der Waals surface area contributed by atoms with E-state index in [0.717, 1.165) is 6.54 Å². The molecule has 0 aromatic rings. The van der Waals surface area contributed by atoms with E-state index in [4.69, 9.17) is 4.74 Å². The van der Waals surface area contributed by atoms with E-state index in [2.05, 4.69) is 12.2 Å². The van der Waals surface area contributed by atoms with Crippen molar-refractivity contribution in [1.82, 2.24) is 5.32 Å². The number of hydrogen-bond acceptors (Lipinski definition) is 4. The van der Waals surface area contributed by atoms with Gasteiger partial charge in [0.1, 0.15) is 0 Å². The lowest BCUT2D eigenvalue weighted by Gasteiger charge is -2.23. The molecule has 92 valence electrons. The molecular weight excluding hydrogens is 210 g/mol. The van der Waals surface area contributed by atoms with E-state index in [0.29, 0.717) is 19.6 Å². The van der Waals surface area contributed by atoms with Gasteiger partial charge >= 0.3 is 0 Å². The molecule has 0 saturated carbocycles. The SMILES string of the molecule is CCSCCCNCC(C)(O)CCOC. The number of methoxy groups -OCH3 is 1. The molecule has 0 radical (unpaired) electrons. The van der Waals surface area contributed by atoms with Gasteiger partial charge in [0.15, 0.2) is 0 Å². The molecule has 0 aliphatic carbocycles. The summed E-state index contributed by atoms with van der Waals surface area (Å²) in [7, 11) is 1.66. The molecule has 15 heavy (non-hydrogen) atoms. The maximum atomic E-state index is 9.90. The van der Waals surface area contributed by atoms with Crippen molar-refractivity contribution < 1.29 is 9.84 Å². The van der Waals surface area contributed by atoms with Crippen LogP contribution in [-0.4, -0.2) is 49.0 Å². The van der Waals surface area contributed by atoms with Crippen LogP contribution in [0.3, 0.4) is 0 Å². The first-order valence-electron chi connectivity index (χ1n) is 5.62. The maximum Gasteiger partial charge on any atom is 0.0765 e. The summed E-state index contributed by atoms with van der Waals surface area (Å²) in [5.41, 5.74) is -0.645. The third kappa shape index (κ3) is 10.5. The van der Waals surface area contributed by atoms with Crippen LogP contribution >= 0.6 is 11.8 Å². The summed E-state index contributed by atoms with van der Waals surface area (Å²) in [6.45, 7) is 6.26. The van der Waals surface area contributed by atoms with Crippen LogP contribution in [0.1, 0.15) is 26.7 Å². The maximum absolute atomic E-state index is 9.90. The van der Waals surface area contributed by atoms with Crippen molar-refractivity contribution in [3.05, 3.63) is 0 Å². The zero-order valence-electron chi connectivity index (χ0n) is 10.2. The van der Waals surface area contributed by atoms with Crippen LogP contribution in [0.15, 0.2) is 0 Å². The minimum absolute atomic E-state index is 0.611. The first kappa shape index (κ1) is 15.2. The van der Waals surface area contributed by atoms with E-state index < -0.39 is 5.60 Å². The lowest BCUT2D eigenvalue weighted by atomic mass is 10.0. The first-order chi connectivity index (χ1) is 7.12. The van der Waals surface area contributed by atoms with Crippen molar-refractivity contribution in [2.24, 2.45) is 0 Å². The molecule has 0 rings (SSSR count). The van der Waals surface area contributed by atoms with E-state index in [1.165, 1.54) is 17.9 Å². The van der Waals surface area contributed by atoms with Crippen LogP contribution in [0, 0.1) is 0 Å². The predicted molar refractivity (Wildman–Crippen MR) is 67.6 cm³/mol. The molecule has 0 aromatic heterocycles. The van der Waals surface area contributed by atoms with Gasteiger partial charge in [-0.2, -0.15) is 11.8 Å². The molecule has 0 spiro atoms. The van der Waals surface area contributed by atoms with Gasteiger partial charge in [-0.15, -0.1) is 0 Å². The van der Waals surface area contributed by atoms with Gasteiger partial charge < -0.3 is 15.2 Å². The van der Waals surface area contributed by atoms with E-state index in [1.807, 2.05) is 18.7 Å². The molecule has 1 atom stereocenters. The standard InChI is InChI=1S/C11H25NO2S/c1-4-15-9-5-7-12-10-11(2,13)6-8-14-3/h12-13H,4-10H2,1-3H3. The lowest BCUT2D eigenvalue weighted by molar-refractivity contribution is 0.0252. The van der Waals surface area contributed by atoms with Crippen LogP contribution in [0.2, 0.25) is 0 Å². The summed E-state index contributed by atoms with van der Waals surface area (Å²) in [5.74, 6) is 2.38. The number of rotatable bonds is 10. The van der Waals surface area contributed by atoms with Gasteiger partial charge in [0, 0.05) is 26.7 Å². The van der Waals surface area contributed by atoms with Gasteiger partial charge in [0.25, 0.3) is 0 Å². The summed E-state index contributed by atoms with van der Waals surface area (Å²) in [4.78, 5) is 0. The minimum atomic E-state index is -0.645. The zero-order chi connectivity index (χ0) is 11.6.